The van der Waals surface area contributed by atoms with Gasteiger partial charge in [0.25, 0.3) is 0 Å². The summed E-state index contributed by atoms with van der Waals surface area (Å²) in [4.78, 5) is 33.5. The van der Waals surface area contributed by atoms with Crippen molar-refractivity contribution in [1.82, 2.24) is 24.7 Å². The Morgan fingerprint density at radius 2 is 2.00 bits per heavy atom. The van der Waals surface area contributed by atoms with Gasteiger partial charge in [0.2, 0.25) is 5.91 Å². The van der Waals surface area contributed by atoms with Crippen LogP contribution in [0, 0.1) is 12.3 Å². The summed E-state index contributed by atoms with van der Waals surface area (Å²) in [7, 11) is 1.41. The first kappa shape index (κ1) is 27.1. The van der Waals surface area contributed by atoms with E-state index < -0.39 is 24.5 Å². The van der Waals surface area contributed by atoms with Crippen molar-refractivity contribution in [3.8, 4) is 0 Å². The molecule has 1 N–H and O–H groups in total. The molecule has 11 heteroatoms. The minimum Gasteiger partial charge on any atom is -0.453 e. The van der Waals surface area contributed by atoms with Crippen LogP contribution in [0.4, 0.5) is 18.0 Å². The first-order valence-corrected chi connectivity index (χ1v) is 14.2. The number of alkyl halides is 3. The van der Waals surface area contributed by atoms with Gasteiger partial charge in [0, 0.05) is 43.1 Å². The number of rotatable bonds is 7. The van der Waals surface area contributed by atoms with E-state index in [2.05, 4.69) is 14.8 Å². The molecule has 2 saturated carbocycles. The number of aryl methyl sites for hydroxylation is 1. The fourth-order valence-electron chi connectivity index (χ4n) is 8.03. The largest absolute Gasteiger partial charge is 0.453 e. The van der Waals surface area contributed by atoms with E-state index in [-0.39, 0.29) is 11.5 Å². The molecule has 3 heterocycles. The number of ether oxygens (including phenoxy) is 1. The second-order valence-corrected chi connectivity index (χ2v) is 11.8. The van der Waals surface area contributed by atoms with Crippen molar-refractivity contribution in [2.45, 2.75) is 88.8 Å². The fourth-order valence-corrected chi connectivity index (χ4v) is 8.03. The summed E-state index contributed by atoms with van der Waals surface area (Å²) in [6, 6.07) is 9.94. The molecule has 4 aliphatic rings. The van der Waals surface area contributed by atoms with Crippen LogP contribution in [0.25, 0.3) is 0 Å². The van der Waals surface area contributed by atoms with E-state index in [1.54, 1.807) is 4.90 Å². The molecule has 8 nitrogen and oxygen atoms in total. The van der Waals surface area contributed by atoms with Crippen molar-refractivity contribution in [3.05, 3.63) is 53.1 Å². The maximum atomic E-state index is 12.8. The van der Waals surface area contributed by atoms with Crippen LogP contribution in [0.15, 0.2) is 30.3 Å². The van der Waals surface area contributed by atoms with Crippen molar-refractivity contribution in [2.24, 2.45) is 5.41 Å². The Bertz CT molecular complexity index is 1280. The molecule has 1 saturated heterocycles. The molecular weight excluding hydrogens is 523 g/mol. The number of hydrogen-bond acceptors (Lipinski definition) is 5. The van der Waals surface area contributed by atoms with Crippen molar-refractivity contribution in [2.75, 3.05) is 20.2 Å². The third kappa shape index (κ3) is 4.65. The number of amides is 2. The SMILES string of the molecule is COC(=O)N1CCc2nc(C)n(C3CC4N(CC[C@H](NC(=O)CC(F)(F)F)c5ccccc5)C5CCC54C3)c2C1. The molecule has 40 heavy (non-hydrogen) atoms. The predicted octanol–water partition coefficient (Wildman–Crippen LogP) is 4.68. The molecule has 4 unspecified atom stereocenters. The van der Waals surface area contributed by atoms with Gasteiger partial charge in [-0.15, -0.1) is 0 Å². The number of nitrogens with one attached hydrogen (secondary N) is 1. The summed E-state index contributed by atoms with van der Waals surface area (Å²) in [5.74, 6) is -0.0106. The first-order chi connectivity index (χ1) is 19.1. The monoisotopic (exact) mass is 559 g/mol. The van der Waals surface area contributed by atoms with E-state index in [1.807, 2.05) is 37.3 Å². The Hall–Kier alpha value is -3.08. The molecule has 5 atom stereocenters. The highest BCUT2D eigenvalue weighted by atomic mass is 19.4. The normalized spacial score (nSPS) is 28.0. The molecule has 1 spiro atoms. The molecule has 216 valence electrons. The second-order valence-electron chi connectivity index (χ2n) is 11.8. The van der Waals surface area contributed by atoms with Crippen LogP contribution in [-0.4, -0.2) is 69.8 Å². The van der Waals surface area contributed by atoms with Gasteiger partial charge >= 0.3 is 12.3 Å². The number of carbonyl (C=O) groups is 2. The van der Waals surface area contributed by atoms with Crippen LogP contribution in [-0.2, 0) is 22.5 Å². The molecule has 1 aromatic carbocycles. The van der Waals surface area contributed by atoms with Crippen LogP contribution in [0.3, 0.4) is 0 Å². The van der Waals surface area contributed by atoms with Gasteiger partial charge in [-0.25, -0.2) is 9.78 Å². The van der Waals surface area contributed by atoms with Gasteiger partial charge in [0.1, 0.15) is 12.2 Å². The van der Waals surface area contributed by atoms with E-state index in [0.29, 0.717) is 44.2 Å². The number of aromatic nitrogens is 2. The number of piperidine rings is 1. The highest BCUT2D eigenvalue weighted by Crippen LogP contribution is 2.67. The molecule has 1 aromatic heterocycles. The van der Waals surface area contributed by atoms with Gasteiger partial charge < -0.3 is 19.5 Å². The fraction of sp³-hybridized carbons (Fsp3) is 0.621. The molecule has 2 aliphatic heterocycles. The molecule has 2 aromatic rings. The molecule has 0 bridgehead atoms. The minimum absolute atomic E-state index is 0.271. The van der Waals surface area contributed by atoms with E-state index in [1.165, 1.54) is 13.5 Å². The summed E-state index contributed by atoms with van der Waals surface area (Å²) in [5, 5.41) is 2.65. The third-order valence-corrected chi connectivity index (χ3v) is 9.72. The van der Waals surface area contributed by atoms with Gasteiger partial charge in [-0.2, -0.15) is 13.2 Å². The maximum absolute atomic E-state index is 12.8. The van der Waals surface area contributed by atoms with Gasteiger partial charge in [0.15, 0.2) is 0 Å². The minimum atomic E-state index is -4.54. The van der Waals surface area contributed by atoms with E-state index in [0.717, 1.165) is 48.5 Å². The Morgan fingerprint density at radius 1 is 1.23 bits per heavy atom. The Kier molecular flexibility index (Phi) is 6.83. The van der Waals surface area contributed by atoms with Crippen LogP contribution in [0.5, 0.6) is 0 Å². The number of carbonyl (C=O) groups excluding carboxylic acids is 2. The Morgan fingerprint density at radius 3 is 2.67 bits per heavy atom. The number of likely N-dealkylation sites (tertiary alicyclic amines) is 1. The van der Waals surface area contributed by atoms with Crippen LogP contribution in [0.1, 0.15) is 73.4 Å². The van der Waals surface area contributed by atoms with Crippen LogP contribution in [0.2, 0.25) is 0 Å². The smallest absolute Gasteiger partial charge is 0.409 e. The van der Waals surface area contributed by atoms with Gasteiger partial charge in [-0.05, 0) is 44.6 Å². The van der Waals surface area contributed by atoms with Crippen LogP contribution >= 0.6 is 0 Å². The number of methoxy groups -OCH3 is 1. The number of imidazole rings is 1. The molecule has 2 amide bonds. The summed E-state index contributed by atoms with van der Waals surface area (Å²) in [6.07, 6.45) is -0.698. The number of halogens is 3. The van der Waals surface area contributed by atoms with E-state index >= 15 is 0 Å². The number of hydrogen-bond donors (Lipinski definition) is 1. The van der Waals surface area contributed by atoms with Crippen molar-refractivity contribution >= 4 is 12.0 Å². The highest BCUT2D eigenvalue weighted by molar-refractivity contribution is 5.77. The first-order valence-electron chi connectivity index (χ1n) is 14.2. The Labute approximate surface area is 231 Å². The quantitative estimate of drug-likeness (QED) is 0.533. The molecule has 2 aliphatic carbocycles. The maximum Gasteiger partial charge on any atom is 0.409 e. The van der Waals surface area contributed by atoms with Gasteiger partial charge in [-0.3, -0.25) is 9.69 Å². The third-order valence-electron chi connectivity index (χ3n) is 9.72. The number of fused-ring (bicyclic) bond motifs is 1. The van der Waals surface area contributed by atoms with Gasteiger partial charge in [-0.1, -0.05) is 30.3 Å². The Balaban J connectivity index is 1.16. The van der Waals surface area contributed by atoms with Crippen molar-refractivity contribution in [3.63, 3.8) is 0 Å². The summed E-state index contributed by atoms with van der Waals surface area (Å²) >= 11 is 0. The topological polar surface area (TPSA) is 79.7 Å². The highest BCUT2D eigenvalue weighted by Gasteiger charge is 2.69. The molecule has 3 fully saturated rings. The average molecular weight is 560 g/mol. The zero-order valence-corrected chi connectivity index (χ0v) is 22.9. The van der Waals surface area contributed by atoms with Crippen molar-refractivity contribution < 1.29 is 27.5 Å². The van der Waals surface area contributed by atoms with Gasteiger partial charge in [0.05, 0.1) is 31.1 Å². The standard InChI is InChI=1S/C29H36F3N5O3/c1-18-33-22-9-12-35(27(39)40-2)17-23(22)37(18)20-14-25-28(15-20)11-8-24(28)36(25)13-10-21(19-6-4-3-5-7-19)34-26(38)16-29(30,31)32/h3-7,20-21,24-25H,8-17H2,1-2H3,(H,34,38)/t20?,21-,24?,25?,28?/m0/s1. The summed E-state index contributed by atoms with van der Waals surface area (Å²) in [5.41, 5.74) is 3.26. The average Bonchev–Trinajstić information content (AvgIpc) is 3.45. The molecule has 6 rings (SSSR count). The lowest BCUT2D eigenvalue weighted by molar-refractivity contribution is -0.188. The number of nitrogens with zero attached hydrogens (tertiary/aromatic N) is 4. The molecular formula is C29H36F3N5O3. The van der Waals surface area contributed by atoms with Crippen LogP contribution < -0.4 is 5.32 Å². The lowest BCUT2D eigenvalue weighted by Crippen LogP contribution is -2.74. The van der Waals surface area contributed by atoms with Crippen molar-refractivity contribution in [1.29, 1.82) is 0 Å². The van der Waals surface area contributed by atoms with E-state index in [9.17, 15) is 22.8 Å². The predicted molar refractivity (Wildman–Crippen MR) is 140 cm³/mol. The summed E-state index contributed by atoms with van der Waals surface area (Å²) in [6.45, 7) is 3.86. The summed E-state index contributed by atoms with van der Waals surface area (Å²) < 4.78 is 45.9. The number of benzene rings is 1. The molecule has 0 radical (unpaired) electrons. The zero-order chi connectivity index (χ0) is 28.2. The van der Waals surface area contributed by atoms with E-state index in [4.69, 9.17) is 9.72 Å². The zero-order valence-electron chi connectivity index (χ0n) is 22.9. The lowest BCUT2D eigenvalue weighted by atomic mass is 9.53. The lowest BCUT2D eigenvalue weighted by Gasteiger charge is -2.68. The second kappa shape index (κ2) is 10.1.